The molecule has 2 aromatic carbocycles. The Morgan fingerprint density at radius 1 is 1.22 bits per heavy atom. The number of nitrogens with one attached hydrogen (secondary N) is 1. The fourth-order valence-electron chi connectivity index (χ4n) is 1.79. The zero-order chi connectivity index (χ0) is 16.5. The van der Waals surface area contributed by atoms with Crippen molar-refractivity contribution in [2.24, 2.45) is 5.10 Å². The Hall–Kier alpha value is -2.53. The Kier molecular flexibility index (Phi) is 6.44. The largest absolute Gasteiger partial charge is 0.493 e. The first kappa shape index (κ1) is 16.8. The zero-order valence-electron chi connectivity index (χ0n) is 12.7. The van der Waals surface area contributed by atoms with Gasteiger partial charge in [-0.2, -0.15) is 5.10 Å². The van der Waals surface area contributed by atoms with Crippen molar-refractivity contribution < 1.29 is 14.3 Å². The van der Waals surface area contributed by atoms with Gasteiger partial charge in [0.1, 0.15) is 11.5 Å². The van der Waals surface area contributed by atoms with Gasteiger partial charge in [-0.3, -0.25) is 4.79 Å². The number of nitrogens with zero attached hydrogens (tertiary/aromatic N) is 1. The molecule has 0 aliphatic rings. The van der Waals surface area contributed by atoms with E-state index in [1.165, 1.54) is 6.21 Å². The summed E-state index contributed by atoms with van der Waals surface area (Å²) in [5.41, 5.74) is 3.19. The predicted octanol–water partition coefficient (Wildman–Crippen LogP) is 3.27. The van der Waals surface area contributed by atoms with Crippen molar-refractivity contribution in [2.75, 3.05) is 13.2 Å². The molecule has 0 radical (unpaired) electrons. The van der Waals surface area contributed by atoms with Gasteiger partial charge < -0.3 is 9.47 Å². The van der Waals surface area contributed by atoms with Gasteiger partial charge in [0.25, 0.3) is 5.91 Å². The van der Waals surface area contributed by atoms with Crippen molar-refractivity contribution in [1.82, 2.24) is 5.43 Å². The average molecular weight is 333 g/mol. The summed E-state index contributed by atoms with van der Waals surface area (Å²) >= 11 is 5.84. The van der Waals surface area contributed by atoms with Crippen LogP contribution in [0.15, 0.2) is 53.6 Å². The molecule has 0 aromatic heterocycles. The smallest absolute Gasteiger partial charge is 0.277 e. The van der Waals surface area contributed by atoms with Crippen LogP contribution in [0.2, 0.25) is 5.02 Å². The second-order valence-electron chi connectivity index (χ2n) is 4.51. The van der Waals surface area contributed by atoms with Gasteiger partial charge in [-0.1, -0.05) is 29.8 Å². The van der Waals surface area contributed by atoms with E-state index in [-0.39, 0.29) is 12.5 Å². The number of rotatable bonds is 7. The fraction of sp³-hybridized carbons (Fsp3) is 0.176. The third-order valence-electron chi connectivity index (χ3n) is 2.78. The van der Waals surface area contributed by atoms with Gasteiger partial charge >= 0.3 is 0 Å². The number of benzene rings is 2. The first-order valence-electron chi connectivity index (χ1n) is 7.11. The Morgan fingerprint density at radius 2 is 2.04 bits per heavy atom. The Labute approximate surface area is 139 Å². The molecule has 0 aliphatic heterocycles. The molecule has 0 heterocycles. The summed E-state index contributed by atoms with van der Waals surface area (Å²) in [5, 5.41) is 4.45. The molecule has 1 N–H and O–H groups in total. The van der Waals surface area contributed by atoms with Crippen LogP contribution in [0.1, 0.15) is 12.5 Å². The molecule has 23 heavy (non-hydrogen) atoms. The summed E-state index contributed by atoms with van der Waals surface area (Å²) in [6.45, 7) is 2.32. The van der Waals surface area contributed by atoms with E-state index >= 15 is 0 Å². The van der Waals surface area contributed by atoms with Crippen molar-refractivity contribution in [2.45, 2.75) is 6.92 Å². The second kappa shape index (κ2) is 8.80. The monoisotopic (exact) mass is 332 g/mol. The highest BCUT2D eigenvalue weighted by Crippen LogP contribution is 2.17. The summed E-state index contributed by atoms with van der Waals surface area (Å²) in [7, 11) is 0. The van der Waals surface area contributed by atoms with Crippen LogP contribution in [0.25, 0.3) is 0 Å². The van der Waals surface area contributed by atoms with E-state index in [0.717, 1.165) is 5.56 Å². The average Bonchev–Trinajstić information content (AvgIpc) is 2.55. The van der Waals surface area contributed by atoms with Crippen LogP contribution in [0.3, 0.4) is 0 Å². The van der Waals surface area contributed by atoms with Crippen molar-refractivity contribution in [1.29, 1.82) is 0 Å². The van der Waals surface area contributed by atoms with E-state index in [1.54, 1.807) is 24.3 Å². The Balaban J connectivity index is 1.84. The third-order valence-corrected chi connectivity index (χ3v) is 3.01. The minimum atomic E-state index is -0.366. The van der Waals surface area contributed by atoms with Crippen molar-refractivity contribution in [3.8, 4) is 11.5 Å². The maximum atomic E-state index is 11.7. The van der Waals surface area contributed by atoms with Crippen LogP contribution in [0.5, 0.6) is 11.5 Å². The highest BCUT2D eigenvalue weighted by molar-refractivity contribution is 6.30. The predicted molar refractivity (Wildman–Crippen MR) is 90.3 cm³/mol. The minimum Gasteiger partial charge on any atom is -0.493 e. The lowest BCUT2D eigenvalue weighted by atomic mass is 10.2. The molecule has 6 heteroatoms. The summed E-state index contributed by atoms with van der Waals surface area (Å²) in [5.74, 6) is 0.872. The highest BCUT2D eigenvalue weighted by atomic mass is 35.5. The van der Waals surface area contributed by atoms with Crippen LogP contribution in [-0.4, -0.2) is 25.3 Å². The number of para-hydroxylation sites is 1. The normalized spacial score (nSPS) is 10.5. The van der Waals surface area contributed by atoms with Gasteiger partial charge in [-0.05, 0) is 37.3 Å². The minimum absolute atomic E-state index is 0.148. The van der Waals surface area contributed by atoms with Crippen LogP contribution in [-0.2, 0) is 4.79 Å². The number of amides is 1. The zero-order valence-corrected chi connectivity index (χ0v) is 13.4. The number of ether oxygens (including phenoxy) is 2. The van der Waals surface area contributed by atoms with E-state index in [2.05, 4.69) is 10.5 Å². The van der Waals surface area contributed by atoms with Gasteiger partial charge in [-0.15, -0.1) is 0 Å². The molecule has 120 valence electrons. The fourth-order valence-corrected chi connectivity index (χ4v) is 1.97. The molecule has 0 saturated carbocycles. The molecule has 0 saturated heterocycles. The Morgan fingerprint density at radius 3 is 2.83 bits per heavy atom. The van der Waals surface area contributed by atoms with Crippen LogP contribution in [0, 0.1) is 0 Å². The van der Waals surface area contributed by atoms with Gasteiger partial charge in [0.05, 0.1) is 12.8 Å². The van der Waals surface area contributed by atoms with Crippen molar-refractivity contribution >= 4 is 23.7 Å². The maximum absolute atomic E-state index is 11.7. The first-order chi connectivity index (χ1) is 11.2. The molecular formula is C17H17ClN2O3. The quantitative estimate of drug-likeness (QED) is 0.625. The molecule has 0 aliphatic carbocycles. The molecule has 0 unspecified atom stereocenters. The molecule has 0 bridgehead atoms. The second-order valence-corrected chi connectivity index (χ2v) is 4.95. The van der Waals surface area contributed by atoms with Crippen LogP contribution < -0.4 is 14.9 Å². The van der Waals surface area contributed by atoms with Gasteiger partial charge in [0.2, 0.25) is 0 Å². The number of carbonyl (C=O) groups excluding carboxylic acids is 1. The van der Waals surface area contributed by atoms with E-state index < -0.39 is 0 Å². The van der Waals surface area contributed by atoms with E-state index in [9.17, 15) is 4.79 Å². The molecule has 2 rings (SSSR count). The molecule has 1 amide bonds. The third kappa shape index (κ3) is 5.64. The summed E-state index contributed by atoms with van der Waals surface area (Å²) < 4.78 is 10.8. The Bertz CT molecular complexity index is 689. The number of carbonyl (C=O) groups is 1. The maximum Gasteiger partial charge on any atom is 0.277 e. The highest BCUT2D eigenvalue weighted by Gasteiger charge is 2.03. The lowest BCUT2D eigenvalue weighted by Gasteiger charge is -2.06. The van der Waals surface area contributed by atoms with Gasteiger partial charge in [0, 0.05) is 10.6 Å². The lowest BCUT2D eigenvalue weighted by Crippen LogP contribution is -2.24. The molecule has 2 aromatic rings. The van der Waals surface area contributed by atoms with Gasteiger partial charge in [-0.25, -0.2) is 5.43 Å². The van der Waals surface area contributed by atoms with Gasteiger partial charge in [0.15, 0.2) is 6.61 Å². The van der Waals surface area contributed by atoms with E-state index in [0.29, 0.717) is 23.1 Å². The molecule has 0 spiro atoms. The SMILES string of the molecule is CCOc1ccccc1/C=N\NC(=O)COc1cccc(Cl)c1. The number of hydrogen-bond acceptors (Lipinski definition) is 4. The summed E-state index contributed by atoms with van der Waals surface area (Å²) in [6, 6.07) is 14.3. The standard InChI is InChI=1S/C17H17ClN2O3/c1-2-22-16-9-4-3-6-13(16)11-19-20-17(21)12-23-15-8-5-7-14(18)10-15/h3-11H,2,12H2,1H3,(H,20,21)/b19-11-. The lowest BCUT2D eigenvalue weighted by molar-refractivity contribution is -0.123. The summed E-state index contributed by atoms with van der Waals surface area (Å²) in [4.78, 5) is 11.7. The molecule has 0 fully saturated rings. The van der Waals surface area contributed by atoms with Crippen LogP contribution >= 0.6 is 11.6 Å². The number of halogens is 1. The molecule has 5 nitrogen and oxygen atoms in total. The van der Waals surface area contributed by atoms with E-state index in [1.807, 2.05) is 31.2 Å². The topological polar surface area (TPSA) is 59.9 Å². The van der Waals surface area contributed by atoms with E-state index in [4.69, 9.17) is 21.1 Å². The number of hydrogen-bond donors (Lipinski definition) is 1. The van der Waals surface area contributed by atoms with Crippen molar-refractivity contribution in [3.63, 3.8) is 0 Å². The first-order valence-corrected chi connectivity index (χ1v) is 7.49. The molecular weight excluding hydrogens is 316 g/mol. The number of hydrazone groups is 1. The molecule has 0 atom stereocenters. The van der Waals surface area contributed by atoms with Crippen molar-refractivity contribution in [3.05, 3.63) is 59.1 Å². The summed E-state index contributed by atoms with van der Waals surface area (Å²) in [6.07, 6.45) is 1.53. The van der Waals surface area contributed by atoms with Crippen LogP contribution in [0.4, 0.5) is 0 Å².